The second kappa shape index (κ2) is 12.5. The Kier molecular flexibility index (Phi) is 11.1. The summed E-state index contributed by atoms with van der Waals surface area (Å²) in [4.78, 5) is 6.84. The second-order valence-corrected chi connectivity index (χ2v) is 6.98. The quantitative estimate of drug-likeness (QED) is 0.316. The van der Waals surface area contributed by atoms with Crippen LogP contribution in [0.2, 0.25) is 0 Å². The van der Waals surface area contributed by atoms with E-state index in [1.54, 1.807) is 0 Å². The Morgan fingerprint density at radius 1 is 1.24 bits per heavy atom. The Morgan fingerprint density at radius 2 is 1.93 bits per heavy atom. The molecule has 0 radical (unpaired) electrons. The lowest BCUT2D eigenvalue weighted by molar-refractivity contribution is -0.138. The van der Waals surface area contributed by atoms with Gasteiger partial charge in [0.15, 0.2) is 5.96 Å². The van der Waals surface area contributed by atoms with E-state index in [0.717, 1.165) is 45.0 Å². The van der Waals surface area contributed by atoms with E-state index < -0.39 is 11.7 Å². The van der Waals surface area contributed by atoms with Crippen molar-refractivity contribution in [2.45, 2.75) is 51.9 Å². The molecule has 0 aromatic heterocycles. The number of piperidine rings is 1. The summed E-state index contributed by atoms with van der Waals surface area (Å²) in [5.74, 6) is 0.740. The van der Waals surface area contributed by atoms with E-state index in [9.17, 15) is 13.2 Å². The normalized spacial score (nSPS) is 16.3. The zero-order valence-electron chi connectivity index (χ0n) is 17.3. The molecule has 0 saturated carbocycles. The lowest BCUT2D eigenvalue weighted by Crippen LogP contribution is -2.48. The van der Waals surface area contributed by atoms with Crippen LogP contribution < -0.4 is 15.4 Å². The van der Waals surface area contributed by atoms with Crippen molar-refractivity contribution in [3.63, 3.8) is 0 Å². The lowest BCUT2D eigenvalue weighted by Gasteiger charge is -2.32. The predicted octanol–water partition coefficient (Wildman–Crippen LogP) is 4.26. The van der Waals surface area contributed by atoms with E-state index in [0.29, 0.717) is 12.5 Å². The van der Waals surface area contributed by atoms with Crippen molar-refractivity contribution in [1.82, 2.24) is 15.5 Å². The van der Waals surface area contributed by atoms with Crippen molar-refractivity contribution >= 4 is 29.9 Å². The van der Waals surface area contributed by atoms with Crippen LogP contribution in [0.3, 0.4) is 0 Å². The Labute approximate surface area is 188 Å². The molecule has 0 amide bonds. The van der Waals surface area contributed by atoms with Gasteiger partial charge in [0.1, 0.15) is 5.75 Å². The molecule has 1 aromatic rings. The minimum atomic E-state index is -4.45. The number of aliphatic imine (C=N–C) groups is 1. The summed E-state index contributed by atoms with van der Waals surface area (Å²) in [6, 6.07) is 4.26. The number of nitrogens with zero attached hydrogens (tertiary/aromatic N) is 2. The zero-order chi connectivity index (χ0) is 20.6. The van der Waals surface area contributed by atoms with Gasteiger partial charge in [0, 0.05) is 25.7 Å². The van der Waals surface area contributed by atoms with Gasteiger partial charge >= 0.3 is 6.18 Å². The van der Waals surface area contributed by atoms with E-state index in [1.165, 1.54) is 19.2 Å². The largest absolute Gasteiger partial charge is 0.497 e. The third kappa shape index (κ3) is 8.19. The van der Waals surface area contributed by atoms with E-state index in [4.69, 9.17) is 4.74 Å². The van der Waals surface area contributed by atoms with Crippen LogP contribution in [0.25, 0.3) is 0 Å². The summed E-state index contributed by atoms with van der Waals surface area (Å²) in [5.41, 5.74) is -0.581. The van der Waals surface area contributed by atoms with Gasteiger partial charge in [-0.1, -0.05) is 13.0 Å². The minimum absolute atomic E-state index is 0. The molecule has 1 saturated heterocycles. The molecule has 0 bridgehead atoms. The first kappa shape index (κ1) is 25.8. The fraction of sp³-hybridized carbons (Fsp3) is 0.650. The van der Waals surface area contributed by atoms with Gasteiger partial charge in [0.25, 0.3) is 0 Å². The number of ether oxygens (including phenoxy) is 1. The Morgan fingerprint density at radius 3 is 2.48 bits per heavy atom. The minimum Gasteiger partial charge on any atom is -0.497 e. The summed E-state index contributed by atoms with van der Waals surface area (Å²) in [5, 5.41) is 6.51. The molecular weight excluding hydrogens is 496 g/mol. The summed E-state index contributed by atoms with van der Waals surface area (Å²) in [6.45, 7) is 7.88. The number of alkyl halides is 3. The SMILES string of the molecule is CCCN1CCC(NC(=NCc2ccc(OC)cc2C(F)(F)F)NCC)CC1.I. The van der Waals surface area contributed by atoms with Gasteiger partial charge < -0.3 is 20.3 Å². The van der Waals surface area contributed by atoms with E-state index in [-0.39, 0.29) is 47.9 Å². The molecular formula is C20H32F3IN4O. The van der Waals surface area contributed by atoms with E-state index in [1.807, 2.05) is 6.92 Å². The number of methoxy groups -OCH3 is 1. The highest BCUT2D eigenvalue weighted by Crippen LogP contribution is 2.34. The Hall–Kier alpha value is -1.23. The molecule has 1 fully saturated rings. The second-order valence-electron chi connectivity index (χ2n) is 6.98. The van der Waals surface area contributed by atoms with Gasteiger partial charge in [-0.2, -0.15) is 13.2 Å². The third-order valence-electron chi connectivity index (χ3n) is 4.84. The number of benzene rings is 1. The highest BCUT2D eigenvalue weighted by molar-refractivity contribution is 14.0. The summed E-state index contributed by atoms with van der Waals surface area (Å²) >= 11 is 0. The Bertz CT molecular complexity index is 647. The van der Waals surface area contributed by atoms with Crippen LogP contribution in [0, 0.1) is 0 Å². The molecule has 9 heteroatoms. The van der Waals surface area contributed by atoms with E-state index in [2.05, 4.69) is 27.4 Å². The molecule has 1 aromatic carbocycles. The van der Waals surface area contributed by atoms with Crippen LogP contribution in [0.15, 0.2) is 23.2 Å². The Balaban J connectivity index is 0.00000420. The number of guanidine groups is 1. The first-order chi connectivity index (χ1) is 13.4. The van der Waals surface area contributed by atoms with Crippen LogP contribution in [0.1, 0.15) is 44.2 Å². The topological polar surface area (TPSA) is 48.9 Å². The molecule has 1 heterocycles. The molecule has 5 nitrogen and oxygen atoms in total. The van der Waals surface area contributed by atoms with Crippen molar-refractivity contribution in [1.29, 1.82) is 0 Å². The van der Waals surface area contributed by atoms with Crippen LogP contribution >= 0.6 is 24.0 Å². The number of hydrogen-bond acceptors (Lipinski definition) is 3. The van der Waals surface area contributed by atoms with Crippen LogP contribution in [-0.4, -0.2) is 50.2 Å². The number of hydrogen-bond donors (Lipinski definition) is 2. The first-order valence-electron chi connectivity index (χ1n) is 9.88. The maximum Gasteiger partial charge on any atom is 0.416 e. The third-order valence-corrected chi connectivity index (χ3v) is 4.84. The smallest absolute Gasteiger partial charge is 0.416 e. The van der Waals surface area contributed by atoms with Gasteiger partial charge in [0.2, 0.25) is 0 Å². The molecule has 29 heavy (non-hydrogen) atoms. The fourth-order valence-corrected chi connectivity index (χ4v) is 3.38. The van der Waals surface area contributed by atoms with Gasteiger partial charge in [0.05, 0.1) is 19.2 Å². The molecule has 0 aliphatic carbocycles. The number of halogens is 4. The average Bonchev–Trinajstić information content (AvgIpc) is 2.67. The fourth-order valence-electron chi connectivity index (χ4n) is 3.38. The van der Waals surface area contributed by atoms with Crippen molar-refractivity contribution in [3.05, 3.63) is 29.3 Å². The molecule has 0 spiro atoms. The maximum absolute atomic E-state index is 13.4. The van der Waals surface area contributed by atoms with Crippen molar-refractivity contribution in [3.8, 4) is 5.75 Å². The van der Waals surface area contributed by atoms with Crippen LogP contribution in [0.4, 0.5) is 13.2 Å². The van der Waals surface area contributed by atoms with Crippen LogP contribution in [-0.2, 0) is 12.7 Å². The number of nitrogens with one attached hydrogen (secondary N) is 2. The molecule has 1 aliphatic heterocycles. The highest BCUT2D eigenvalue weighted by atomic mass is 127. The number of rotatable bonds is 7. The molecule has 2 N–H and O–H groups in total. The molecule has 2 rings (SSSR count). The lowest BCUT2D eigenvalue weighted by atomic mass is 10.1. The monoisotopic (exact) mass is 528 g/mol. The number of likely N-dealkylation sites (tertiary alicyclic amines) is 1. The van der Waals surface area contributed by atoms with Gasteiger partial charge in [-0.05, 0) is 50.4 Å². The van der Waals surface area contributed by atoms with Crippen LogP contribution in [0.5, 0.6) is 5.75 Å². The van der Waals surface area contributed by atoms with Gasteiger partial charge in [-0.25, -0.2) is 4.99 Å². The maximum atomic E-state index is 13.4. The van der Waals surface area contributed by atoms with E-state index >= 15 is 0 Å². The molecule has 0 atom stereocenters. The average molecular weight is 528 g/mol. The summed E-state index contributed by atoms with van der Waals surface area (Å²) in [6.07, 6.45) is -1.30. The van der Waals surface area contributed by atoms with Gasteiger partial charge in [-0.3, -0.25) is 0 Å². The molecule has 0 unspecified atom stereocenters. The zero-order valence-corrected chi connectivity index (χ0v) is 19.6. The molecule has 1 aliphatic rings. The van der Waals surface area contributed by atoms with Gasteiger partial charge in [-0.15, -0.1) is 24.0 Å². The predicted molar refractivity (Wildman–Crippen MR) is 121 cm³/mol. The highest BCUT2D eigenvalue weighted by Gasteiger charge is 2.33. The molecule has 166 valence electrons. The standard InChI is InChI=1S/C20H31F3N4O.HI/c1-4-10-27-11-8-16(9-12-27)26-19(24-5-2)25-14-15-6-7-17(28-3)13-18(15)20(21,22)23;/h6-7,13,16H,4-5,8-12,14H2,1-3H3,(H2,24,25,26);1H. The summed E-state index contributed by atoms with van der Waals surface area (Å²) < 4.78 is 45.0. The first-order valence-corrected chi connectivity index (χ1v) is 9.88. The summed E-state index contributed by atoms with van der Waals surface area (Å²) in [7, 11) is 1.35. The van der Waals surface area contributed by atoms with Crippen molar-refractivity contribution < 1.29 is 17.9 Å². The van der Waals surface area contributed by atoms with Crippen molar-refractivity contribution in [2.75, 3.05) is 33.3 Å². The van der Waals surface area contributed by atoms with Crippen molar-refractivity contribution in [2.24, 2.45) is 4.99 Å².